The minimum absolute atomic E-state index is 0.589. The van der Waals surface area contributed by atoms with E-state index >= 15 is 0 Å². The van der Waals surface area contributed by atoms with Gasteiger partial charge in [-0.1, -0.05) is 158 Å². The quantitative estimate of drug-likeness (QED) is 0.179. The highest BCUT2D eigenvalue weighted by atomic mass is 32.1. The maximum atomic E-state index is 5.28. The third kappa shape index (κ3) is 4.87. The summed E-state index contributed by atoms with van der Waals surface area (Å²) < 4.78 is 2.62. The molecule has 0 bridgehead atoms. The summed E-state index contributed by atoms with van der Waals surface area (Å²) in [5.41, 5.74) is 14.9. The first-order chi connectivity index (χ1) is 28.7. The predicted molar refractivity (Wildman–Crippen MR) is 238 cm³/mol. The van der Waals surface area contributed by atoms with Crippen LogP contribution in [-0.2, 0) is 5.41 Å². The highest BCUT2D eigenvalue weighted by Crippen LogP contribution is 2.61. The molecule has 1 spiro atoms. The molecular formula is C53H32N4S. The molecule has 12 rings (SSSR count). The van der Waals surface area contributed by atoms with Crippen LogP contribution in [0.4, 0.5) is 0 Å². The van der Waals surface area contributed by atoms with Crippen LogP contribution in [-0.4, -0.2) is 19.9 Å². The molecular weight excluding hydrogens is 725 g/mol. The molecule has 0 saturated carbocycles. The van der Waals surface area contributed by atoms with Gasteiger partial charge in [0, 0.05) is 54.8 Å². The Morgan fingerprint density at radius 2 is 1.05 bits per heavy atom. The second-order valence-corrected chi connectivity index (χ2v) is 16.1. The fourth-order valence-corrected chi connectivity index (χ4v) is 10.4. The minimum Gasteiger partial charge on any atom is -0.236 e. The maximum absolute atomic E-state index is 5.28. The Balaban J connectivity index is 1.12. The van der Waals surface area contributed by atoms with Crippen molar-refractivity contribution in [1.82, 2.24) is 19.9 Å². The average Bonchev–Trinajstić information content (AvgIpc) is 3.77. The van der Waals surface area contributed by atoms with E-state index in [0.29, 0.717) is 11.6 Å². The first-order valence-corrected chi connectivity index (χ1v) is 20.4. The lowest BCUT2D eigenvalue weighted by Crippen LogP contribution is -2.30. The second kappa shape index (κ2) is 12.8. The summed E-state index contributed by atoms with van der Waals surface area (Å²) in [5.74, 6) is 1.33. The average molecular weight is 757 g/mol. The van der Waals surface area contributed by atoms with E-state index in [4.69, 9.17) is 19.9 Å². The van der Waals surface area contributed by atoms with Crippen molar-refractivity contribution in [3.8, 4) is 56.4 Å². The Morgan fingerprint density at radius 3 is 1.84 bits per heavy atom. The van der Waals surface area contributed by atoms with Crippen LogP contribution in [0.15, 0.2) is 182 Å². The highest BCUT2D eigenvalue weighted by molar-refractivity contribution is 7.26. The molecule has 2 aliphatic rings. The number of benzene rings is 7. The first kappa shape index (κ1) is 32.9. The molecule has 1 unspecified atom stereocenters. The fourth-order valence-electron chi connectivity index (χ4n) is 9.31. The smallest absolute Gasteiger partial charge is 0.160 e. The van der Waals surface area contributed by atoms with Gasteiger partial charge >= 0.3 is 0 Å². The zero-order valence-corrected chi connectivity index (χ0v) is 32.0. The standard InChI is InChI=1S/C53H32N4S/c1-3-14-35(15-4-1)51-54-31-38(32-55-51)46-30-45(56-52(57-46)36-16-5-2-6-17-36)37-26-25-34-24-23-33-13-7-10-20-41(33)53(44(34)29-37)42-21-11-8-18-39(42)49-43(53)27-28-48-50(49)40-19-9-12-22-47(40)58-48/h1-32H. The third-order valence-corrected chi connectivity index (χ3v) is 13.0. The van der Waals surface area contributed by atoms with Gasteiger partial charge in [-0.25, -0.2) is 19.9 Å². The number of hydrogen-bond donors (Lipinski definition) is 0. The van der Waals surface area contributed by atoms with Gasteiger partial charge < -0.3 is 0 Å². The SMILES string of the molecule is C1=Cc2ccc(-c3cc(-c4cnc(-c5ccccc5)nc4)nc(-c4ccccc4)n3)cc2C2(c3ccccc31)c1ccccc1-c1c2ccc2sc3ccccc3c12. The Kier molecular flexibility index (Phi) is 7.28. The molecule has 0 fully saturated rings. The first-order valence-electron chi connectivity index (χ1n) is 19.5. The minimum atomic E-state index is -0.589. The van der Waals surface area contributed by atoms with E-state index in [-0.39, 0.29) is 0 Å². The van der Waals surface area contributed by atoms with Crippen molar-refractivity contribution in [3.63, 3.8) is 0 Å². The molecule has 4 nitrogen and oxygen atoms in total. The number of rotatable bonds is 4. The van der Waals surface area contributed by atoms with Crippen molar-refractivity contribution in [1.29, 1.82) is 0 Å². The lowest BCUT2D eigenvalue weighted by molar-refractivity contribution is 0.767. The zero-order valence-electron chi connectivity index (χ0n) is 31.2. The molecule has 3 heterocycles. The largest absolute Gasteiger partial charge is 0.236 e. The number of fused-ring (bicyclic) bond motifs is 13. The molecule has 0 amide bonds. The Hall–Kier alpha value is -7.34. The van der Waals surface area contributed by atoms with E-state index in [1.165, 1.54) is 64.7 Å². The topological polar surface area (TPSA) is 51.6 Å². The molecule has 3 aromatic heterocycles. The molecule has 0 N–H and O–H groups in total. The van der Waals surface area contributed by atoms with Crippen LogP contribution in [0.5, 0.6) is 0 Å². The Bertz CT molecular complexity index is 3280. The third-order valence-electron chi connectivity index (χ3n) is 11.8. The van der Waals surface area contributed by atoms with Crippen LogP contribution in [0, 0.1) is 0 Å². The molecule has 2 aliphatic carbocycles. The number of thiophene rings is 1. The van der Waals surface area contributed by atoms with E-state index in [9.17, 15) is 0 Å². The van der Waals surface area contributed by atoms with Gasteiger partial charge in [-0.15, -0.1) is 11.3 Å². The summed E-state index contributed by atoms with van der Waals surface area (Å²) in [6.07, 6.45) is 8.31. The molecule has 58 heavy (non-hydrogen) atoms. The predicted octanol–water partition coefficient (Wildman–Crippen LogP) is 13.1. The second-order valence-electron chi connectivity index (χ2n) is 15.0. The summed E-state index contributed by atoms with van der Waals surface area (Å²) >= 11 is 1.88. The fraction of sp³-hybridized carbons (Fsp3) is 0.0189. The summed E-state index contributed by atoms with van der Waals surface area (Å²) in [6, 6.07) is 60.8. The van der Waals surface area contributed by atoms with E-state index < -0.39 is 5.41 Å². The monoisotopic (exact) mass is 756 g/mol. The van der Waals surface area contributed by atoms with Crippen LogP contribution in [0.1, 0.15) is 33.4 Å². The molecule has 5 heteroatoms. The lowest BCUT2D eigenvalue weighted by Gasteiger charge is -2.35. The summed E-state index contributed by atoms with van der Waals surface area (Å²) in [4.78, 5) is 19.9. The summed E-state index contributed by atoms with van der Waals surface area (Å²) in [5, 5.41) is 2.64. The number of aromatic nitrogens is 4. The van der Waals surface area contributed by atoms with Crippen LogP contribution >= 0.6 is 11.3 Å². The van der Waals surface area contributed by atoms with E-state index in [0.717, 1.165) is 33.6 Å². The lowest BCUT2D eigenvalue weighted by atomic mass is 9.65. The van der Waals surface area contributed by atoms with Crippen molar-refractivity contribution in [2.45, 2.75) is 5.41 Å². The van der Waals surface area contributed by atoms with Crippen molar-refractivity contribution in [3.05, 3.63) is 216 Å². The molecule has 0 aliphatic heterocycles. The van der Waals surface area contributed by atoms with E-state index in [1.54, 1.807) is 0 Å². The van der Waals surface area contributed by atoms with Crippen LogP contribution in [0.3, 0.4) is 0 Å². The van der Waals surface area contributed by atoms with Gasteiger partial charge in [0.05, 0.1) is 16.8 Å². The molecule has 1 atom stereocenters. The van der Waals surface area contributed by atoms with Crippen molar-refractivity contribution in [2.75, 3.05) is 0 Å². The number of hydrogen-bond acceptors (Lipinski definition) is 5. The van der Waals surface area contributed by atoms with Crippen LogP contribution in [0.2, 0.25) is 0 Å². The highest BCUT2D eigenvalue weighted by Gasteiger charge is 2.49. The molecule has 10 aromatic rings. The zero-order chi connectivity index (χ0) is 38.2. The Morgan fingerprint density at radius 1 is 0.414 bits per heavy atom. The van der Waals surface area contributed by atoms with Gasteiger partial charge in [0.1, 0.15) is 0 Å². The van der Waals surface area contributed by atoms with Gasteiger partial charge in [0.25, 0.3) is 0 Å². The van der Waals surface area contributed by atoms with E-state index in [2.05, 4.69) is 133 Å². The van der Waals surface area contributed by atoms with E-state index in [1.807, 2.05) is 72.3 Å². The molecule has 7 aromatic carbocycles. The van der Waals surface area contributed by atoms with Crippen molar-refractivity contribution in [2.24, 2.45) is 0 Å². The normalized spacial score (nSPS) is 14.9. The van der Waals surface area contributed by atoms with Gasteiger partial charge in [-0.05, 0) is 68.8 Å². The molecule has 0 radical (unpaired) electrons. The van der Waals surface area contributed by atoms with Gasteiger partial charge in [0.15, 0.2) is 11.6 Å². The van der Waals surface area contributed by atoms with Crippen LogP contribution in [0.25, 0.3) is 88.7 Å². The number of nitrogens with zero attached hydrogens (tertiary/aromatic N) is 4. The van der Waals surface area contributed by atoms with Gasteiger partial charge in [-0.3, -0.25) is 0 Å². The van der Waals surface area contributed by atoms with Crippen LogP contribution < -0.4 is 0 Å². The summed E-state index contributed by atoms with van der Waals surface area (Å²) in [6.45, 7) is 0. The molecule has 270 valence electrons. The van der Waals surface area contributed by atoms with Gasteiger partial charge in [-0.2, -0.15) is 0 Å². The van der Waals surface area contributed by atoms with Gasteiger partial charge in [0.2, 0.25) is 0 Å². The van der Waals surface area contributed by atoms with Crippen molar-refractivity contribution >= 4 is 43.7 Å². The molecule has 0 saturated heterocycles. The maximum Gasteiger partial charge on any atom is 0.160 e. The summed E-state index contributed by atoms with van der Waals surface area (Å²) in [7, 11) is 0. The van der Waals surface area contributed by atoms with Crippen molar-refractivity contribution < 1.29 is 0 Å². The Labute approximate surface area is 339 Å².